The Kier molecular flexibility index (Phi) is 5.84. The van der Waals surface area contributed by atoms with Crippen molar-refractivity contribution in [3.63, 3.8) is 0 Å². The lowest BCUT2D eigenvalue weighted by Crippen LogP contribution is -2.49. The van der Waals surface area contributed by atoms with Gasteiger partial charge in [-0.3, -0.25) is 4.79 Å². The maximum atomic E-state index is 13.6. The van der Waals surface area contributed by atoms with Gasteiger partial charge in [-0.1, -0.05) is 18.6 Å². The summed E-state index contributed by atoms with van der Waals surface area (Å²) >= 11 is 0. The van der Waals surface area contributed by atoms with Gasteiger partial charge in [0.25, 0.3) is 10.0 Å². The highest BCUT2D eigenvalue weighted by Crippen LogP contribution is 2.36. The molecule has 2 saturated heterocycles. The minimum atomic E-state index is -3.79. The van der Waals surface area contributed by atoms with E-state index in [0.29, 0.717) is 19.3 Å². The Bertz CT molecular complexity index is 1000. The number of hydrogen-bond donors (Lipinski definition) is 1. The maximum Gasteiger partial charge on any atom is 0.262 e. The van der Waals surface area contributed by atoms with E-state index < -0.39 is 10.0 Å². The molecular formula is C21H28N4O4S. The number of nitrogens with one attached hydrogen (secondary N) is 1. The lowest BCUT2D eigenvalue weighted by atomic mass is 9.98. The number of aryl methyl sites for hydroxylation is 1. The molecule has 0 radical (unpaired) electrons. The van der Waals surface area contributed by atoms with Crippen LogP contribution in [-0.4, -0.2) is 53.4 Å². The smallest absolute Gasteiger partial charge is 0.262 e. The van der Waals surface area contributed by atoms with Crippen LogP contribution in [0.3, 0.4) is 0 Å². The number of aromatic nitrogens is 2. The van der Waals surface area contributed by atoms with E-state index in [1.54, 1.807) is 23.0 Å². The molecule has 8 nitrogen and oxygen atoms in total. The predicted octanol–water partition coefficient (Wildman–Crippen LogP) is 1.86. The first-order valence-corrected chi connectivity index (χ1v) is 11.8. The van der Waals surface area contributed by atoms with Gasteiger partial charge in [0.2, 0.25) is 5.91 Å². The topological polar surface area (TPSA) is 93.5 Å². The number of fused-ring (bicyclic) bond motifs is 1. The summed E-state index contributed by atoms with van der Waals surface area (Å²) in [7, 11) is -0.419. The van der Waals surface area contributed by atoms with Crippen LogP contribution in [0.4, 0.5) is 0 Å². The number of amides is 1. The Hall–Kier alpha value is -2.39. The standard InChI is InChI=1S/C21H28N4O4S/c1-24-13-21(22-14-24)30(27,28)25-16(11-15-7-9-17(29-2)10-8-15)12-18-19(25)5-3-4-6-20(26)23-18/h7-10,13-14,16,18-19H,3-6,11-12H2,1-2H3,(H,23,26)/t16-,18+,19-/m1/s1. The SMILES string of the molecule is COc1ccc(C[C@@H]2C[C@@H]3NC(=O)CCCC[C@H]3N2S(=O)(=O)c2cn(C)cn2)cc1. The fourth-order valence-electron chi connectivity index (χ4n) is 4.62. The second kappa shape index (κ2) is 8.39. The molecule has 9 heteroatoms. The highest BCUT2D eigenvalue weighted by Gasteiger charge is 2.48. The van der Waals surface area contributed by atoms with Crippen molar-refractivity contribution in [3.8, 4) is 5.75 Å². The summed E-state index contributed by atoms with van der Waals surface area (Å²) in [4.78, 5) is 16.4. The van der Waals surface area contributed by atoms with Crippen molar-refractivity contribution < 1.29 is 17.9 Å². The predicted molar refractivity (Wildman–Crippen MR) is 112 cm³/mol. The molecule has 1 aromatic heterocycles. The Morgan fingerprint density at radius 1 is 1.23 bits per heavy atom. The first-order valence-electron chi connectivity index (χ1n) is 10.3. The van der Waals surface area contributed by atoms with Crippen molar-refractivity contribution in [3.05, 3.63) is 42.4 Å². The average molecular weight is 433 g/mol. The lowest BCUT2D eigenvalue weighted by molar-refractivity contribution is -0.122. The minimum absolute atomic E-state index is 0.00461. The van der Waals surface area contributed by atoms with Crippen LogP contribution in [0.25, 0.3) is 0 Å². The second-order valence-corrected chi connectivity index (χ2v) is 9.93. The van der Waals surface area contributed by atoms with E-state index in [4.69, 9.17) is 4.74 Å². The molecule has 3 atom stereocenters. The van der Waals surface area contributed by atoms with Crippen molar-refractivity contribution in [2.75, 3.05) is 7.11 Å². The fourth-order valence-corrected chi connectivity index (χ4v) is 6.47. The summed E-state index contributed by atoms with van der Waals surface area (Å²) in [6, 6.07) is 7.00. The van der Waals surface area contributed by atoms with Gasteiger partial charge in [0.05, 0.1) is 13.4 Å². The van der Waals surface area contributed by atoms with E-state index in [2.05, 4.69) is 10.3 Å². The quantitative estimate of drug-likeness (QED) is 0.778. The molecule has 2 aromatic rings. The molecule has 1 N–H and O–H groups in total. The number of ether oxygens (including phenoxy) is 1. The molecule has 0 spiro atoms. The molecular weight excluding hydrogens is 404 g/mol. The number of sulfonamides is 1. The number of imidazole rings is 1. The van der Waals surface area contributed by atoms with Crippen molar-refractivity contribution >= 4 is 15.9 Å². The van der Waals surface area contributed by atoms with E-state index in [-0.39, 0.29) is 29.1 Å². The number of carbonyl (C=O) groups excluding carboxylic acids is 1. The summed E-state index contributed by atoms with van der Waals surface area (Å²) in [5, 5.41) is 3.14. The largest absolute Gasteiger partial charge is 0.497 e. The van der Waals surface area contributed by atoms with Gasteiger partial charge >= 0.3 is 0 Å². The molecule has 0 saturated carbocycles. The highest BCUT2D eigenvalue weighted by atomic mass is 32.2. The van der Waals surface area contributed by atoms with Gasteiger partial charge in [-0.05, 0) is 43.4 Å². The molecule has 2 fully saturated rings. The first kappa shape index (κ1) is 20.9. The van der Waals surface area contributed by atoms with E-state index in [1.807, 2.05) is 24.3 Å². The molecule has 0 aliphatic carbocycles. The summed E-state index contributed by atoms with van der Waals surface area (Å²) < 4.78 is 35.7. The van der Waals surface area contributed by atoms with Crippen molar-refractivity contribution in [2.45, 2.75) is 61.7 Å². The van der Waals surface area contributed by atoms with Gasteiger partial charge in [-0.2, -0.15) is 4.31 Å². The number of hydrogen-bond acceptors (Lipinski definition) is 5. The van der Waals surface area contributed by atoms with Crippen LogP contribution in [0.2, 0.25) is 0 Å². The molecule has 0 unspecified atom stereocenters. The van der Waals surface area contributed by atoms with Gasteiger partial charge in [-0.25, -0.2) is 13.4 Å². The van der Waals surface area contributed by atoms with Crippen LogP contribution in [-0.2, 0) is 28.3 Å². The van der Waals surface area contributed by atoms with Crippen LogP contribution in [0.1, 0.15) is 37.7 Å². The first-order chi connectivity index (χ1) is 14.4. The number of nitrogens with zero attached hydrogens (tertiary/aromatic N) is 3. The van der Waals surface area contributed by atoms with Crippen molar-refractivity contribution in [1.82, 2.24) is 19.2 Å². The summed E-state index contributed by atoms with van der Waals surface area (Å²) in [5.41, 5.74) is 1.03. The zero-order valence-corrected chi connectivity index (χ0v) is 18.1. The summed E-state index contributed by atoms with van der Waals surface area (Å²) in [5.74, 6) is 0.766. The molecule has 162 valence electrons. The third-order valence-corrected chi connectivity index (χ3v) is 7.89. The van der Waals surface area contributed by atoms with E-state index in [0.717, 1.165) is 30.6 Å². The fraction of sp³-hybridized carbons (Fsp3) is 0.524. The van der Waals surface area contributed by atoms with Crippen LogP contribution in [0.5, 0.6) is 5.75 Å². The number of rotatable bonds is 5. The van der Waals surface area contributed by atoms with E-state index >= 15 is 0 Å². The van der Waals surface area contributed by atoms with Gasteiger partial charge in [0.1, 0.15) is 5.75 Å². The molecule has 4 rings (SSSR count). The third-order valence-electron chi connectivity index (χ3n) is 6.03. The molecule has 30 heavy (non-hydrogen) atoms. The minimum Gasteiger partial charge on any atom is -0.497 e. The Balaban J connectivity index is 1.69. The average Bonchev–Trinajstić information content (AvgIpc) is 3.28. The van der Waals surface area contributed by atoms with Crippen molar-refractivity contribution in [1.29, 1.82) is 0 Å². The Labute approximate surface area is 177 Å². The lowest BCUT2D eigenvalue weighted by Gasteiger charge is -2.31. The van der Waals surface area contributed by atoms with Crippen LogP contribution >= 0.6 is 0 Å². The molecule has 3 heterocycles. The van der Waals surface area contributed by atoms with Crippen LogP contribution in [0, 0.1) is 0 Å². The highest BCUT2D eigenvalue weighted by molar-refractivity contribution is 7.89. The molecule has 2 aliphatic heterocycles. The maximum absolute atomic E-state index is 13.6. The molecule has 1 aromatic carbocycles. The molecule has 1 amide bonds. The van der Waals surface area contributed by atoms with Crippen LogP contribution in [0.15, 0.2) is 41.8 Å². The zero-order valence-electron chi connectivity index (χ0n) is 17.3. The van der Waals surface area contributed by atoms with Crippen molar-refractivity contribution in [2.24, 2.45) is 7.05 Å². The molecule has 0 bridgehead atoms. The Morgan fingerprint density at radius 3 is 2.67 bits per heavy atom. The van der Waals surface area contributed by atoms with Gasteiger partial charge in [0, 0.05) is 37.8 Å². The summed E-state index contributed by atoms with van der Waals surface area (Å²) in [6.07, 6.45) is 7.03. The Morgan fingerprint density at radius 2 is 2.00 bits per heavy atom. The van der Waals surface area contributed by atoms with Gasteiger partial charge in [-0.15, -0.1) is 0 Å². The third kappa shape index (κ3) is 4.09. The number of benzene rings is 1. The zero-order chi connectivity index (χ0) is 21.3. The van der Waals surface area contributed by atoms with Crippen LogP contribution < -0.4 is 10.1 Å². The summed E-state index contributed by atoms with van der Waals surface area (Å²) in [6.45, 7) is 0. The van der Waals surface area contributed by atoms with E-state index in [1.165, 1.54) is 12.5 Å². The normalized spacial score (nSPS) is 25.3. The molecule has 2 aliphatic rings. The van der Waals surface area contributed by atoms with E-state index in [9.17, 15) is 13.2 Å². The monoisotopic (exact) mass is 432 g/mol. The second-order valence-electron chi connectivity index (χ2n) is 8.14. The van der Waals surface area contributed by atoms with Gasteiger partial charge in [0.15, 0.2) is 5.03 Å². The number of carbonyl (C=O) groups is 1. The van der Waals surface area contributed by atoms with Gasteiger partial charge < -0.3 is 14.6 Å². The number of methoxy groups -OCH3 is 1.